The van der Waals surface area contributed by atoms with Gasteiger partial charge in [-0.05, 0) is 44.0 Å². The molecule has 4 aromatic rings. The standard InChI is InChI=1S/C25H23ClN4O3/c1-16-20(24(26)30(28-16)18-7-3-2-4-8-18)15-33-23(31)14-13-22-27-21-10-6-5-9-19(21)25(32)29(22)17-11-12-17/h2-10,17H,11-15H2,1H3. The average Bonchev–Trinajstić information content (AvgIpc) is 3.62. The van der Waals surface area contributed by atoms with Crippen molar-refractivity contribution in [2.45, 2.75) is 45.3 Å². The molecule has 8 heteroatoms. The van der Waals surface area contributed by atoms with Gasteiger partial charge in [0.1, 0.15) is 17.6 Å². The van der Waals surface area contributed by atoms with Crippen LogP contribution in [0.2, 0.25) is 5.15 Å². The third-order valence-corrected chi connectivity index (χ3v) is 6.23. The minimum absolute atomic E-state index is 0.0386. The number of nitrogens with zero attached hydrogens (tertiary/aromatic N) is 4. The van der Waals surface area contributed by atoms with Gasteiger partial charge in [0.2, 0.25) is 0 Å². The van der Waals surface area contributed by atoms with Crippen LogP contribution in [-0.2, 0) is 22.6 Å². The van der Waals surface area contributed by atoms with Gasteiger partial charge in [-0.2, -0.15) is 5.10 Å². The van der Waals surface area contributed by atoms with Crippen molar-refractivity contribution in [3.63, 3.8) is 0 Å². The summed E-state index contributed by atoms with van der Waals surface area (Å²) < 4.78 is 8.89. The molecule has 1 aliphatic carbocycles. The fraction of sp³-hybridized carbons (Fsp3) is 0.280. The molecule has 0 radical (unpaired) electrons. The maximum Gasteiger partial charge on any atom is 0.306 e. The minimum Gasteiger partial charge on any atom is -0.461 e. The number of aryl methyl sites for hydroxylation is 2. The maximum atomic E-state index is 13.0. The van der Waals surface area contributed by atoms with Crippen molar-refractivity contribution in [1.29, 1.82) is 0 Å². The predicted octanol–water partition coefficient (Wildman–Crippen LogP) is 4.55. The Balaban J connectivity index is 1.29. The van der Waals surface area contributed by atoms with Gasteiger partial charge >= 0.3 is 5.97 Å². The molecule has 0 N–H and O–H groups in total. The molecule has 33 heavy (non-hydrogen) atoms. The van der Waals surface area contributed by atoms with Crippen LogP contribution in [0, 0.1) is 6.92 Å². The highest BCUT2D eigenvalue weighted by atomic mass is 35.5. The van der Waals surface area contributed by atoms with Crippen molar-refractivity contribution >= 4 is 28.5 Å². The Labute approximate surface area is 195 Å². The molecule has 1 fully saturated rings. The molecule has 0 bridgehead atoms. The molecule has 7 nitrogen and oxygen atoms in total. The van der Waals surface area contributed by atoms with Gasteiger partial charge in [-0.15, -0.1) is 0 Å². The van der Waals surface area contributed by atoms with Gasteiger partial charge < -0.3 is 4.74 Å². The van der Waals surface area contributed by atoms with Crippen molar-refractivity contribution < 1.29 is 9.53 Å². The summed E-state index contributed by atoms with van der Waals surface area (Å²) >= 11 is 6.52. The lowest BCUT2D eigenvalue weighted by molar-refractivity contribution is -0.144. The van der Waals surface area contributed by atoms with Crippen LogP contribution in [-0.4, -0.2) is 25.3 Å². The zero-order chi connectivity index (χ0) is 22.9. The van der Waals surface area contributed by atoms with Crippen molar-refractivity contribution in [3.05, 3.63) is 87.2 Å². The lowest BCUT2D eigenvalue weighted by atomic mass is 10.2. The van der Waals surface area contributed by atoms with Crippen LogP contribution in [0.25, 0.3) is 16.6 Å². The van der Waals surface area contributed by atoms with Crippen molar-refractivity contribution in [2.24, 2.45) is 0 Å². The summed E-state index contributed by atoms with van der Waals surface area (Å²) in [4.78, 5) is 30.2. The lowest BCUT2D eigenvalue weighted by Gasteiger charge is -2.12. The van der Waals surface area contributed by atoms with E-state index in [2.05, 4.69) is 10.1 Å². The van der Waals surface area contributed by atoms with Gasteiger partial charge in [-0.1, -0.05) is 41.9 Å². The summed E-state index contributed by atoms with van der Waals surface area (Å²) in [5.41, 5.74) is 2.83. The molecule has 0 saturated heterocycles. The van der Waals surface area contributed by atoms with E-state index in [4.69, 9.17) is 16.3 Å². The number of esters is 1. The topological polar surface area (TPSA) is 79.0 Å². The first-order valence-electron chi connectivity index (χ1n) is 11.0. The molecule has 2 aromatic carbocycles. The van der Waals surface area contributed by atoms with Gasteiger partial charge in [-0.3, -0.25) is 14.2 Å². The summed E-state index contributed by atoms with van der Waals surface area (Å²) in [7, 11) is 0. The smallest absolute Gasteiger partial charge is 0.306 e. The highest BCUT2D eigenvalue weighted by Crippen LogP contribution is 2.35. The molecule has 0 atom stereocenters. The van der Waals surface area contributed by atoms with E-state index in [1.807, 2.05) is 55.5 Å². The van der Waals surface area contributed by atoms with Gasteiger partial charge in [0.15, 0.2) is 0 Å². The summed E-state index contributed by atoms with van der Waals surface area (Å²) in [5, 5.41) is 5.50. The number of rotatable bonds is 7. The number of hydrogen-bond acceptors (Lipinski definition) is 5. The molecule has 0 spiro atoms. The third-order valence-electron chi connectivity index (χ3n) is 5.85. The van der Waals surface area contributed by atoms with Gasteiger partial charge in [-0.25, -0.2) is 9.67 Å². The summed E-state index contributed by atoms with van der Waals surface area (Å²) in [6.45, 7) is 1.87. The molecule has 0 amide bonds. The Morgan fingerprint density at radius 1 is 1.12 bits per heavy atom. The van der Waals surface area contributed by atoms with E-state index >= 15 is 0 Å². The van der Waals surface area contributed by atoms with Gasteiger partial charge in [0.05, 0.1) is 28.7 Å². The van der Waals surface area contributed by atoms with Gasteiger partial charge in [0, 0.05) is 18.0 Å². The van der Waals surface area contributed by atoms with Crippen molar-refractivity contribution in [1.82, 2.24) is 19.3 Å². The first-order valence-corrected chi connectivity index (χ1v) is 11.4. The second-order valence-electron chi connectivity index (χ2n) is 8.21. The van der Waals surface area contributed by atoms with E-state index in [0.29, 0.717) is 39.6 Å². The van der Waals surface area contributed by atoms with E-state index in [-0.39, 0.29) is 30.6 Å². The van der Waals surface area contributed by atoms with Gasteiger partial charge in [0.25, 0.3) is 5.56 Å². The highest BCUT2D eigenvalue weighted by molar-refractivity contribution is 6.30. The monoisotopic (exact) mass is 462 g/mol. The van der Waals surface area contributed by atoms with E-state index < -0.39 is 0 Å². The van der Waals surface area contributed by atoms with Crippen LogP contribution in [0.1, 0.15) is 42.4 Å². The summed E-state index contributed by atoms with van der Waals surface area (Å²) in [5.74, 6) is 0.256. The van der Waals surface area contributed by atoms with E-state index in [1.54, 1.807) is 15.3 Å². The SMILES string of the molecule is Cc1nn(-c2ccccc2)c(Cl)c1COC(=O)CCc1nc2ccccc2c(=O)n1C1CC1. The number of aromatic nitrogens is 4. The second kappa shape index (κ2) is 8.83. The molecular formula is C25H23ClN4O3. The number of fused-ring (bicyclic) bond motifs is 1. The lowest BCUT2D eigenvalue weighted by Crippen LogP contribution is -2.25. The maximum absolute atomic E-state index is 13.0. The number of hydrogen-bond donors (Lipinski definition) is 0. The fourth-order valence-corrected chi connectivity index (χ4v) is 4.28. The number of halogens is 1. The quantitative estimate of drug-likeness (QED) is 0.376. The van der Waals surface area contributed by atoms with E-state index in [1.165, 1.54) is 0 Å². The van der Waals surface area contributed by atoms with E-state index in [0.717, 1.165) is 18.5 Å². The molecule has 5 rings (SSSR count). The predicted molar refractivity (Wildman–Crippen MR) is 126 cm³/mol. The number of ether oxygens (including phenoxy) is 1. The molecule has 1 aliphatic rings. The van der Waals surface area contributed by atoms with Crippen LogP contribution in [0.4, 0.5) is 0 Å². The number of para-hydroxylation sites is 2. The van der Waals surface area contributed by atoms with Crippen molar-refractivity contribution in [3.8, 4) is 5.69 Å². The molecule has 0 unspecified atom stereocenters. The first-order chi connectivity index (χ1) is 16.0. The zero-order valence-electron chi connectivity index (χ0n) is 18.2. The largest absolute Gasteiger partial charge is 0.461 e. The minimum atomic E-state index is -0.373. The Bertz CT molecular complexity index is 1390. The van der Waals surface area contributed by atoms with Crippen LogP contribution < -0.4 is 5.56 Å². The zero-order valence-corrected chi connectivity index (χ0v) is 19.0. The van der Waals surface area contributed by atoms with Crippen LogP contribution in [0.5, 0.6) is 0 Å². The fourth-order valence-electron chi connectivity index (χ4n) is 3.95. The molecule has 2 aromatic heterocycles. The Morgan fingerprint density at radius 2 is 1.85 bits per heavy atom. The Morgan fingerprint density at radius 3 is 2.61 bits per heavy atom. The van der Waals surface area contributed by atoms with Crippen LogP contribution in [0.3, 0.4) is 0 Å². The highest BCUT2D eigenvalue weighted by Gasteiger charge is 2.28. The number of carbonyl (C=O) groups is 1. The second-order valence-corrected chi connectivity index (χ2v) is 8.57. The summed E-state index contributed by atoms with van der Waals surface area (Å²) in [6.07, 6.45) is 2.38. The molecule has 2 heterocycles. The summed E-state index contributed by atoms with van der Waals surface area (Å²) in [6, 6.07) is 17.0. The Kier molecular flexibility index (Phi) is 5.72. The Hall–Kier alpha value is -3.45. The average molecular weight is 463 g/mol. The molecular weight excluding hydrogens is 440 g/mol. The van der Waals surface area contributed by atoms with Crippen LogP contribution >= 0.6 is 11.6 Å². The number of carbonyl (C=O) groups excluding carboxylic acids is 1. The third kappa shape index (κ3) is 4.28. The van der Waals surface area contributed by atoms with Crippen molar-refractivity contribution in [2.75, 3.05) is 0 Å². The molecule has 0 aliphatic heterocycles. The first kappa shape index (κ1) is 21.4. The number of benzene rings is 2. The van der Waals surface area contributed by atoms with E-state index in [9.17, 15) is 9.59 Å². The normalized spacial score (nSPS) is 13.4. The van der Waals surface area contributed by atoms with Crippen LogP contribution in [0.15, 0.2) is 59.4 Å². The molecule has 1 saturated carbocycles. The molecule has 168 valence electrons.